The Labute approximate surface area is 96.6 Å². The van der Waals surface area contributed by atoms with E-state index in [1.165, 1.54) is 7.11 Å². The van der Waals surface area contributed by atoms with Crippen molar-refractivity contribution < 1.29 is 9.53 Å². The summed E-state index contributed by atoms with van der Waals surface area (Å²) in [5.41, 5.74) is 0. The van der Waals surface area contributed by atoms with Crippen molar-refractivity contribution in [3.63, 3.8) is 0 Å². The fourth-order valence-corrected chi connectivity index (χ4v) is 1.67. The van der Waals surface area contributed by atoms with Crippen molar-refractivity contribution in [3.8, 4) is 0 Å². The van der Waals surface area contributed by atoms with E-state index in [2.05, 4.69) is 21.2 Å². The molecule has 0 fully saturated rings. The van der Waals surface area contributed by atoms with E-state index >= 15 is 0 Å². The number of aromatic nitrogens is 2. The van der Waals surface area contributed by atoms with E-state index in [-0.39, 0.29) is 5.97 Å². The third-order valence-corrected chi connectivity index (χ3v) is 2.76. The summed E-state index contributed by atoms with van der Waals surface area (Å²) < 4.78 is 6.70. The maximum Gasteiger partial charge on any atom is 0.305 e. The number of rotatable bonds is 7. The Morgan fingerprint density at radius 3 is 2.88 bits per heavy atom. The van der Waals surface area contributed by atoms with Gasteiger partial charge in [-0.1, -0.05) is 12.8 Å². The molecule has 1 rings (SSSR count). The summed E-state index contributed by atoms with van der Waals surface area (Å²) in [4.78, 5) is 14.9. The van der Waals surface area contributed by atoms with Crippen LogP contribution in [0.15, 0.2) is 18.7 Å². The van der Waals surface area contributed by atoms with Gasteiger partial charge in [0.05, 0.1) is 13.4 Å². The van der Waals surface area contributed by atoms with Crippen LogP contribution in [0.5, 0.6) is 0 Å². The first kappa shape index (κ1) is 12.7. The van der Waals surface area contributed by atoms with Crippen LogP contribution < -0.4 is 0 Å². The van der Waals surface area contributed by atoms with E-state index in [0.29, 0.717) is 12.5 Å². The van der Waals surface area contributed by atoms with Gasteiger partial charge in [-0.05, 0) is 19.8 Å². The van der Waals surface area contributed by atoms with Gasteiger partial charge in [-0.3, -0.25) is 4.79 Å². The lowest BCUT2D eigenvalue weighted by Crippen LogP contribution is -2.03. The van der Waals surface area contributed by atoms with E-state index in [4.69, 9.17) is 0 Å². The van der Waals surface area contributed by atoms with Crippen LogP contribution in [0.1, 0.15) is 45.1 Å². The Morgan fingerprint density at radius 2 is 2.25 bits per heavy atom. The maximum absolute atomic E-state index is 10.9. The molecule has 4 heteroatoms. The Morgan fingerprint density at radius 1 is 1.44 bits per heavy atom. The molecule has 0 aromatic carbocycles. The van der Waals surface area contributed by atoms with E-state index in [0.717, 1.165) is 25.7 Å². The standard InChI is InChI=1S/C12H20N2O2/c1-11(14-9-8-13-10-14)6-4-3-5-7-12(15)16-2/h8-11H,3-7H2,1-2H3. The zero-order chi connectivity index (χ0) is 11.8. The first-order chi connectivity index (χ1) is 7.74. The summed E-state index contributed by atoms with van der Waals surface area (Å²) in [6, 6.07) is 0.487. The first-order valence-corrected chi connectivity index (χ1v) is 5.78. The third kappa shape index (κ3) is 4.47. The Kier molecular flexibility index (Phi) is 5.61. The number of hydrogen-bond acceptors (Lipinski definition) is 3. The predicted octanol–water partition coefficient (Wildman–Crippen LogP) is 2.57. The Bertz CT molecular complexity index is 296. The monoisotopic (exact) mass is 224 g/mol. The molecule has 90 valence electrons. The quantitative estimate of drug-likeness (QED) is 0.528. The fourth-order valence-electron chi connectivity index (χ4n) is 1.67. The number of unbranched alkanes of at least 4 members (excludes halogenated alkanes) is 2. The van der Waals surface area contributed by atoms with Crippen molar-refractivity contribution in [2.45, 2.75) is 45.1 Å². The molecule has 0 amide bonds. The first-order valence-electron chi connectivity index (χ1n) is 5.78. The van der Waals surface area contributed by atoms with Crippen LogP contribution in [0.2, 0.25) is 0 Å². The van der Waals surface area contributed by atoms with Gasteiger partial charge in [0.15, 0.2) is 0 Å². The fraction of sp³-hybridized carbons (Fsp3) is 0.667. The average molecular weight is 224 g/mol. The molecular weight excluding hydrogens is 204 g/mol. The van der Waals surface area contributed by atoms with E-state index in [1.54, 1.807) is 6.20 Å². The number of carbonyl (C=O) groups excluding carboxylic acids is 1. The van der Waals surface area contributed by atoms with Gasteiger partial charge in [0.1, 0.15) is 0 Å². The normalized spacial score (nSPS) is 12.4. The van der Waals surface area contributed by atoms with E-state index in [1.807, 2.05) is 12.5 Å². The van der Waals surface area contributed by atoms with Crippen LogP contribution in [0.4, 0.5) is 0 Å². The zero-order valence-electron chi connectivity index (χ0n) is 10.1. The summed E-state index contributed by atoms with van der Waals surface area (Å²) in [7, 11) is 1.43. The van der Waals surface area contributed by atoms with Crippen LogP contribution in [0.25, 0.3) is 0 Å². The highest BCUT2D eigenvalue weighted by atomic mass is 16.5. The summed E-state index contributed by atoms with van der Waals surface area (Å²) in [6.45, 7) is 2.18. The Balaban J connectivity index is 2.05. The second kappa shape index (κ2) is 7.04. The minimum atomic E-state index is -0.109. The van der Waals surface area contributed by atoms with E-state index in [9.17, 15) is 4.79 Å². The lowest BCUT2D eigenvalue weighted by atomic mass is 10.1. The molecule has 1 unspecified atom stereocenters. The smallest absolute Gasteiger partial charge is 0.305 e. The lowest BCUT2D eigenvalue weighted by molar-refractivity contribution is -0.140. The molecule has 0 saturated heterocycles. The molecule has 16 heavy (non-hydrogen) atoms. The van der Waals surface area contributed by atoms with Crippen molar-refractivity contribution >= 4 is 5.97 Å². The molecule has 0 radical (unpaired) electrons. The third-order valence-electron chi connectivity index (χ3n) is 2.76. The number of esters is 1. The maximum atomic E-state index is 10.9. The van der Waals surface area contributed by atoms with Gasteiger partial charge in [-0.25, -0.2) is 4.98 Å². The van der Waals surface area contributed by atoms with Crippen LogP contribution in [0.3, 0.4) is 0 Å². The summed E-state index contributed by atoms with van der Waals surface area (Å²) >= 11 is 0. The molecule has 0 N–H and O–H groups in total. The van der Waals surface area contributed by atoms with Crippen LogP contribution >= 0.6 is 0 Å². The lowest BCUT2D eigenvalue weighted by Gasteiger charge is -2.12. The molecule has 0 aliphatic carbocycles. The number of methoxy groups -OCH3 is 1. The highest BCUT2D eigenvalue weighted by Gasteiger charge is 2.04. The van der Waals surface area contributed by atoms with Crippen molar-refractivity contribution in [2.24, 2.45) is 0 Å². The van der Waals surface area contributed by atoms with Gasteiger partial charge in [0, 0.05) is 24.9 Å². The van der Waals surface area contributed by atoms with Gasteiger partial charge < -0.3 is 9.30 Å². The highest BCUT2D eigenvalue weighted by Crippen LogP contribution is 2.15. The van der Waals surface area contributed by atoms with Crippen LogP contribution in [-0.4, -0.2) is 22.6 Å². The van der Waals surface area contributed by atoms with Crippen molar-refractivity contribution in [1.82, 2.24) is 9.55 Å². The largest absolute Gasteiger partial charge is 0.469 e. The van der Waals surface area contributed by atoms with Crippen molar-refractivity contribution in [2.75, 3.05) is 7.11 Å². The van der Waals surface area contributed by atoms with Crippen LogP contribution in [0, 0.1) is 0 Å². The minimum absolute atomic E-state index is 0.109. The number of carbonyl (C=O) groups is 1. The Hall–Kier alpha value is -1.32. The zero-order valence-corrected chi connectivity index (χ0v) is 10.1. The van der Waals surface area contributed by atoms with Crippen molar-refractivity contribution in [3.05, 3.63) is 18.7 Å². The number of imidazole rings is 1. The molecule has 1 heterocycles. The molecule has 1 aromatic heterocycles. The SMILES string of the molecule is COC(=O)CCCCCC(C)n1ccnc1. The topological polar surface area (TPSA) is 44.1 Å². The number of ether oxygens (including phenoxy) is 1. The second-order valence-electron chi connectivity index (χ2n) is 4.03. The van der Waals surface area contributed by atoms with Gasteiger partial charge in [0.25, 0.3) is 0 Å². The summed E-state index contributed by atoms with van der Waals surface area (Å²) in [5.74, 6) is -0.109. The van der Waals surface area contributed by atoms with Gasteiger partial charge >= 0.3 is 5.97 Å². The molecule has 4 nitrogen and oxygen atoms in total. The van der Waals surface area contributed by atoms with Crippen LogP contribution in [-0.2, 0) is 9.53 Å². The molecule has 0 spiro atoms. The summed E-state index contributed by atoms with van der Waals surface area (Å²) in [6.07, 6.45) is 10.4. The molecule has 0 aliphatic heterocycles. The molecule has 1 aromatic rings. The van der Waals surface area contributed by atoms with Crippen molar-refractivity contribution in [1.29, 1.82) is 0 Å². The molecule has 1 atom stereocenters. The van der Waals surface area contributed by atoms with E-state index < -0.39 is 0 Å². The number of nitrogens with zero attached hydrogens (tertiary/aromatic N) is 2. The predicted molar refractivity (Wildman–Crippen MR) is 62.0 cm³/mol. The highest BCUT2D eigenvalue weighted by molar-refractivity contribution is 5.68. The van der Waals surface area contributed by atoms with Gasteiger partial charge in [-0.2, -0.15) is 0 Å². The average Bonchev–Trinajstić information content (AvgIpc) is 2.81. The van der Waals surface area contributed by atoms with Gasteiger partial charge in [0.2, 0.25) is 0 Å². The molecule has 0 saturated carbocycles. The molecular formula is C12H20N2O2. The van der Waals surface area contributed by atoms with Gasteiger partial charge in [-0.15, -0.1) is 0 Å². The number of hydrogen-bond donors (Lipinski definition) is 0. The second-order valence-corrected chi connectivity index (χ2v) is 4.03. The molecule has 0 bridgehead atoms. The minimum Gasteiger partial charge on any atom is -0.469 e. The molecule has 0 aliphatic rings. The summed E-state index contributed by atoms with van der Waals surface area (Å²) in [5, 5.41) is 0.